The molecule has 5 nitrogen and oxygen atoms in total. The highest BCUT2D eigenvalue weighted by atomic mass is 16.1. The normalized spacial score (nSPS) is 13.5. The largest absolute Gasteiger partial charge is 0.308 e. The van der Waals surface area contributed by atoms with Gasteiger partial charge in [-0.3, -0.25) is 9.89 Å². The minimum Gasteiger partial charge on any atom is -0.308 e. The summed E-state index contributed by atoms with van der Waals surface area (Å²) in [5.41, 5.74) is 1.88. The monoisotopic (exact) mass is 234 g/mol. The molecule has 2 N–H and O–H groups in total. The van der Waals surface area contributed by atoms with Crippen LogP contribution in [-0.4, -0.2) is 20.2 Å². The number of nitrogens with zero attached hydrogens (tertiary/aromatic N) is 2. The summed E-state index contributed by atoms with van der Waals surface area (Å²) in [7, 11) is 0. The van der Waals surface area contributed by atoms with E-state index in [1.807, 2.05) is 0 Å². The van der Waals surface area contributed by atoms with E-state index in [0.717, 1.165) is 17.9 Å². The van der Waals surface area contributed by atoms with Crippen molar-refractivity contribution in [2.45, 2.75) is 46.0 Å². The Bertz CT molecular complexity index is 582. The molecule has 2 heterocycles. The van der Waals surface area contributed by atoms with Crippen molar-refractivity contribution in [2.75, 3.05) is 0 Å². The van der Waals surface area contributed by atoms with Gasteiger partial charge in [-0.25, -0.2) is 4.98 Å². The summed E-state index contributed by atoms with van der Waals surface area (Å²) in [6.45, 7) is 8.24. The Morgan fingerprint density at radius 2 is 1.94 bits per heavy atom. The van der Waals surface area contributed by atoms with E-state index in [0.29, 0.717) is 11.0 Å². The number of H-pyrrole nitrogens is 2. The van der Waals surface area contributed by atoms with E-state index in [1.54, 1.807) is 0 Å². The van der Waals surface area contributed by atoms with Crippen LogP contribution in [0.25, 0.3) is 11.0 Å². The SMILES string of the molecule is CC[C@H](C)c1nc2c(C(C)C)[nH]nc2c(=O)[nH]1. The third-order valence-corrected chi connectivity index (χ3v) is 3.11. The fraction of sp³-hybridized carbons (Fsp3) is 0.583. The van der Waals surface area contributed by atoms with Gasteiger partial charge in [-0.15, -0.1) is 0 Å². The third-order valence-electron chi connectivity index (χ3n) is 3.11. The van der Waals surface area contributed by atoms with Crippen LogP contribution in [0, 0.1) is 0 Å². The lowest BCUT2D eigenvalue weighted by molar-refractivity contribution is 0.679. The molecule has 0 amide bonds. The number of aromatic nitrogens is 4. The predicted molar refractivity (Wildman–Crippen MR) is 67.3 cm³/mol. The molecule has 0 radical (unpaired) electrons. The third kappa shape index (κ3) is 1.97. The first-order valence-electron chi connectivity index (χ1n) is 6.02. The number of hydrogen-bond acceptors (Lipinski definition) is 3. The first-order valence-corrected chi connectivity index (χ1v) is 6.02. The Labute approximate surface area is 99.7 Å². The summed E-state index contributed by atoms with van der Waals surface area (Å²) >= 11 is 0. The minimum atomic E-state index is -0.159. The molecular formula is C12H18N4O. The summed E-state index contributed by atoms with van der Waals surface area (Å²) in [5.74, 6) is 1.27. The van der Waals surface area contributed by atoms with Gasteiger partial charge in [0, 0.05) is 5.92 Å². The van der Waals surface area contributed by atoms with Gasteiger partial charge in [0.2, 0.25) is 0 Å². The molecular weight excluding hydrogens is 216 g/mol. The van der Waals surface area contributed by atoms with E-state index in [2.05, 4.69) is 47.9 Å². The summed E-state index contributed by atoms with van der Waals surface area (Å²) in [5, 5.41) is 6.94. The number of rotatable bonds is 3. The number of aromatic amines is 2. The molecule has 2 rings (SSSR count). The molecule has 2 aromatic rings. The Balaban J connectivity index is 2.69. The number of fused-ring (bicyclic) bond motifs is 1. The topological polar surface area (TPSA) is 74.4 Å². The molecule has 0 aliphatic rings. The summed E-state index contributed by atoms with van der Waals surface area (Å²) in [6, 6.07) is 0. The Kier molecular flexibility index (Phi) is 3.00. The van der Waals surface area contributed by atoms with Gasteiger partial charge >= 0.3 is 0 Å². The van der Waals surface area contributed by atoms with E-state index >= 15 is 0 Å². The zero-order valence-corrected chi connectivity index (χ0v) is 10.7. The molecule has 0 saturated heterocycles. The quantitative estimate of drug-likeness (QED) is 0.855. The van der Waals surface area contributed by atoms with Crippen molar-refractivity contribution in [3.63, 3.8) is 0 Å². The molecule has 0 aliphatic heterocycles. The molecule has 0 saturated carbocycles. The fourth-order valence-electron chi connectivity index (χ4n) is 1.77. The molecule has 0 aromatic carbocycles. The molecule has 0 fully saturated rings. The van der Waals surface area contributed by atoms with Crippen molar-refractivity contribution >= 4 is 11.0 Å². The van der Waals surface area contributed by atoms with Gasteiger partial charge in [0.15, 0.2) is 5.52 Å². The molecule has 2 aromatic heterocycles. The van der Waals surface area contributed by atoms with Gasteiger partial charge in [-0.2, -0.15) is 5.10 Å². The maximum atomic E-state index is 11.9. The maximum Gasteiger partial charge on any atom is 0.279 e. The lowest BCUT2D eigenvalue weighted by atomic mass is 10.1. The van der Waals surface area contributed by atoms with Crippen LogP contribution in [0.4, 0.5) is 0 Å². The lowest BCUT2D eigenvalue weighted by Crippen LogP contribution is -2.13. The van der Waals surface area contributed by atoms with Crippen LogP contribution in [0.2, 0.25) is 0 Å². The van der Waals surface area contributed by atoms with Crippen molar-refractivity contribution in [1.29, 1.82) is 0 Å². The van der Waals surface area contributed by atoms with Crippen molar-refractivity contribution in [1.82, 2.24) is 20.2 Å². The average Bonchev–Trinajstić information content (AvgIpc) is 2.72. The van der Waals surface area contributed by atoms with Crippen LogP contribution in [0.5, 0.6) is 0 Å². The molecule has 5 heteroatoms. The Morgan fingerprint density at radius 1 is 1.24 bits per heavy atom. The molecule has 92 valence electrons. The average molecular weight is 234 g/mol. The van der Waals surface area contributed by atoms with Gasteiger partial charge in [0.25, 0.3) is 5.56 Å². The van der Waals surface area contributed by atoms with Crippen LogP contribution >= 0.6 is 0 Å². The van der Waals surface area contributed by atoms with Crippen molar-refractivity contribution < 1.29 is 0 Å². The van der Waals surface area contributed by atoms with Crippen molar-refractivity contribution in [3.8, 4) is 0 Å². The molecule has 0 aliphatic carbocycles. The highest BCUT2D eigenvalue weighted by Gasteiger charge is 2.16. The molecule has 17 heavy (non-hydrogen) atoms. The highest BCUT2D eigenvalue weighted by molar-refractivity contribution is 5.76. The van der Waals surface area contributed by atoms with Crippen molar-refractivity contribution in [3.05, 3.63) is 21.9 Å². The molecule has 0 bridgehead atoms. The number of hydrogen-bond donors (Lipinski definition) is 2. The van der Waals surface area contributed by atoms with Gasteiger partial charge in [0.1, 0.15) is 11.3 Å². The van der Waals surface area contributed by atoms with Gasteiger partial charge in [-0.1, -0.05) is 27.7 Å². The highest BCUT2D eigenvalue weighted by Crippen LogP contribution is 2.21. The maximum absolute atomic E-state index is 11.9. The van der Waals surface area contributed by atoms with Crippen LogP contribution in [0.3, 0.4) is 0 Å². The van der Waals surface area contributed by atoms with Crippen molar-refractivity contribution in [2.24, 2.45) is 0 Å². The first-order chi connectivity index (χ1) is 8.04. The standard InChI is InChI=1S/C12H18N4O/c1-5-7(4)11-13-9-8(6(2)3)15-16-10(9)12(17)14-11/h6-7H,5H2,1-4H3,(H,15,16)(H,13,14,17)/t7-/m0/s1. The summed E-state index contributed by atoms with van der Waals surface area (Å²) < 4.78 is 0. The van der Waals surface area contributed by atoms with Gasteiger partial charge in [-0.05, 0) is 12.3 Å². The lowest BCUT2D eigenvalue weighted by Gasteiger charge is -2.07. The van der Waals surface area contributed by atoms with Crippen LogP contribution in [-0.2, 0) is 0 Å². The van der Waals surface area contributed by atoms with E-state index in [1.165, 1.54) is 0 Å². The fourth-order valence-corrected chi connectivity index (χ4v) is 1.77. The minimum absolute atomic E-state index is 0.159. The van der Waals surface area contributed by atoms with E-state index < -0.39 is 0 Å². The first kappa shape index (κ1) is 11.8. The van der Waals surface area contributed by atoms with E-state index in [4.69, 9.17) is 0 Å². The second-order valence-electron chi connectivity index (χ2n) is 4.75. The Morgan fingerprint density at radius 3 is 2.53 bits per heavy atom. The van der Waals surface area contributed by atoms with Crippen LogP contribution in [0.15, 0.2) is 4.79 Å². The molecule has 1 atom stereocenters. The molecule has 0 unspecified atom stereocenters. The van der Waals surface area contributed by atoms with Crippen LogP contribution < -0.4 is 5.56 Å². The van der Waals surface area contributed by atoms with E-state index in [9.17, 15) is 4.79 Å². The van der Waals surface area contributed by atoms with Gasteiger partial charge in [0.05, 0.1) is 5.69 Å². The zero-order chi connectivity index (χ0) is 12.6. The van der Waals surface area contributed by atoms with E-state index in [-0.39, 0.29) is 17.4 Å². The summed E-state index contributed by atoms with van der Waals surface area (Å²) in [4.78, 5) is 19.2. The smallest absolute Gasteiger partial charge is 0.279 e. The second-order valence-corrected chi connectivity index (χ2v) is 4.75. The predicted octanol–water partition coefficient (Wildman–Crippen LogP) is 2.28. The van der Waals surface area contributed by atoms with Gasteiger partial charge < -0.3 is 4.98 Å². The Hall–Kier alpha value is -1.65. The summed E-state index contributed by atoms with van der Waals surface area (Å²) in [6.07, 6.45) is 0.948. The number of nitrogens with one attached hydrogen (secondary N) is 2. The van der Waals surface area contributed by atoms with Crippen LogP contribution in [0.1, 0.15) is 57.5 Å². The zero-order valence-electron chi connectivity index (χ0n) is 10.7. The second kappa shape index (κ2) is 4.31. The molecule has 0 spiro atoms.